The number of hydrogen-bond acceptors (Lipinski definition) is 2. The van der Waals surface area contributed by atoms with E-state index in [0.717, 1.165) is 12.8 Å². The van der Waals surface area contributed by atoms with Gasteiger partial charge in [0.05, 0.1) is 5.69 Å². The van der Waals surface area contributed by atoms with Crippen LogP contribution in [0, 0.1) is 5.82 Å². The van der Waals surface area contributed by atoms with E-state index in [1.165, 1.54) is 18.2 Å². The van der Waals surface area contributed by atoms with Crippen molar-refractivity contribution in [2.24, 2.45) is 0 Å². The van der Waals surface area contributed by atoms with E-state index in [0.29, 0.717) is 10.2 Å². The minimum atomic E-state index is -3.56. The highest BCUT2D eigenvalue weighted by Crippen LogP contribution is 2.25. The fourth-order valence-electron chi connectivity index (χ4n) is 1.17. The number of benzene rings is 1. The van der Waals surface area contributed by atoms with Crippen molar-refractivity contribution in [3.05, 3.63) is 28.5 Å². The third-order valence-corrected chi connectivity index (χ3v) is 3.86. The van der Waals surface area contributed by atoms with Crippen LogP contribution in [0.5, 0.6) is 0 Å². The van der Waals surface area contributed by atoms with Crippen LogP contribution in [0.2, 0.25) is 0 Å². The van der Waals surface area contributed by atoms with E-state index in [1.54, 1.807) is 0 Å². The zero-order chi connectivity index (χ0) is 11.8. The average molecular weight is 309 g/mol. The van der Waals surface area contributed by atoms with Gasteiger partial charge in [0.2, 0.25) is 0 Å². The van der Waals surface area contributed by atoms with Gasteiger partial charge in [-0.3, -0.25) is 4.72 Å². The summed E-state index contributed by atoms with van der Waals surface area (Å²) in [4.78, 5) is 0. The molecule has 1 saturated carbocycles. The lowest BCUT2D eigenvalue weighted by Crippen LogP contribution is -2.31. The number of nitrogens with one attached hydrogen (secondary N) is 2. The first kappa shape index (κ1) is 11.8. The molecule has 0 saturated heterocycles. The molecule has 1 aromatic carbocycles. The Bertz CT molecular complexity index is 502. The van der Waals surface area contributed by atoms with E-state index in [9.17, 15) is 12.8 Å². The van der Waals surface area contributed by atoms with Gasteiger partial charge in [0.15, 0.2) is 0 Å². The van der Waals surface area contributed by atoms with Gasteiger partial charge >= 0.3 is 0 Å². The van der Waals surface area contributed by atoms with Crippen LogP contribution in [0.15, 0.2) is 22.7 Å². The summed E-state index contributed by atoms with van der Waals surface area (Å²) in [5, 5.41) is 0. The Hall–Kier alpha value is -0.660. The molecule has 0 atom stereocenters. The maximum atomic E-state index is 12.8. The molecule has 0 unspecified atom stereocenters. The van der Waals surface area contributed by atoms with E-state index in [4.69, 9.17) is 0 Å². The van der Waals surface area contributed by atoms with Crippen molar-refractivity contribution in [2.75, 3.05) is 4.72 Å². The van der Waals surface area contributed by atoms with Gasteiger partial charge < -0.3 is 0 Å². The minimum Gasteiger partial charge on any atom is -0.270 e. The van der Waals surface area contributed by atoms with Gasteiger partial charge in [0.25, 0.3) is 10.2 Å². The van der Waals surface area contributed by atoms with Crippen LogP contribution in [0.25, 0.3) is 0 Å². The Labute approximate surface area is 102 Å². The molecule has 16 heavy (non-hydrogen) atoms. The van der Waals surface area contributed by atoms with Crippen LogP contribution in [0.1, 0.15) is 12.8 Å². The molecule has 7 heteroatoms. The van der Waals surface area contributed by atoms with Gasteiger partial charge in [0.1, 0.15) is 5.82 Å². The van der Waals surface area contributed by atoms with Crippen LogP contribution >= 0.6 is 15.9 Å². The van der Waals surface area contributed by atoms with Crippen molar-refractivity contribution >= 4 is 31.8 Å². The highest BCUT2D eigenvalue weighted by atomic mass is 79.9. The SMILES string of the molecule is O=S(=O)(Nc1ccc(F)cc1Br)NC1CC1. The zero-order valence-electron chi connectivity index (χ0n) is 8.20. The number of anilines is 1. The van der Waals surface area contributed by atoms with Gasteiger partial charge in [-0.1, -0.05) is 0 Å². The average Bonchev–Trinajstić information content (AvgIpc) is 2.93. The van der Waals surface area contributed by atoms with E-state index < -0.39 is 16.0 Å². The highest BCUT2D eigenvalue weighted by molar-refractivity contribution is 9.10. The van der Waals surface area contributed by atoms with Gasteiger partial charge in [-0.2, -0.15) is 13.1 Å². The van der Waals surface area contributed by atoms with E-state index in [1.807, 2.05) is 0 Å². The lowest BCUT2D eigenvalue weighted by atomic mass is 10.3. The molecule has 0 aliphatic heterocycles. The van der Waals surface area contributed by atoms with E-state index in [-0.39, 0.29) is 6.04 Å². The summed E-state index contributed by atoms with van der Waals surface area (Å²) in [5.74, 6) is -0.426. The van der Waals surface area contributed by atoms with Crippen molar-refractivity contribution in [1.29, 1.82) is 0 Å². The molecule has 1 fully saturated rings. The predicted molar refractivity (Wildman–Crippen MR) is 62.8 cm³/mol. The molecule has 0 radical (unpaired) electrons. The molecule has 2 rings (SSSR count). The van der Waals surface area contributed by atoms with Crippen molar-refractivity contribution in [3.63, 3.8) is 0 Å². The standard InChI is InChI=1S/C9H10BrFN2O2S/c10-8-5-6(11)1-4-9(8)13-16(14,15)12-7-2-3-7/h1,4-5,7,12-13H,2-3H2. The van der Waals surface area contributed by atoms with Crippen molar-refractivity contribution in [2.45, 2.75) is 18.9 Å². The second-order valence-electron chi connectivity index (χ2n) is 3.62. The number of halogens is 2. The van der Waals surface area contributed by atoms with Gasteiger partial charge in [-0.15, -0.1) is 0 Å². The Morgan fingerprint density at radius 3 is 2.62 bits per heavy atom. The molecule has 0 aromatic heterocycles. The van der Waals surface area contributed by atoms with Crippen LogP contribution in [0.3, 0.4) is 0 Å². The second kappa shape index (κ2) is 4.31. The van der Waals surface area contributed by atoms with Crippen LogP contribution in [0.4, 0.5) is 10.1 Å². The minimum absolute atomic E-state index is 0.0386. The molecule has 1 aromatic rings. The summed E-state index contributed by atoms with van der Waals surface area (Å²) < 4.78 is 41.0. The predicted octanol–water partition coefficient (Wildman–Crippen LogP) is 2.00. The normalized spacial score (nSPS) is 16.1. The Morgan fingerprint density at radius 2 is 2.06 bits per heavy atom. The number of rotatable bonds is 4. The van der Waals surface area contributed by atoms with E-state index >= 15 is 0 Å². The maximum Gasteiger partial charge on any atom is 0.299 e. The molecule has 0 spiro atoms. The summed E-state index contributed by atoms with van der Waals surface area (Å²) in [6, 6.07) is 3.80. The number of hydrogen-bond donors (Lipinski definition) is 2. The third-order valence-electron chi connectivity index (χ3n) is 2.07. The quantitative estimate of drug-likeness (QED) is 0.894. The van der Waals surface area contributed by atoms with Gasteiger partial charge in [-0.05, 0) is 47.0 Å². The Kier molecular flexibility index (Phi) is 3.18. The smallest absolute Gasteiger partial charge is 0.270 e. The lowest BCUT2D eigenvalue weighted by Gasteiger charge is -2.09. The highest BCUT2D eigenvalue weighted by Gasteiger charge is 2.27. The summed E-state index contributed by atoms with van der Waals surface area (Å²) >= 11 is 3.09. The maximum absolute atomic E-state index is 12.8. The molecule has 0 amide bonds. The summed E-state index contributed by atoms with van der Waals surface area (Å²) in [6.07, 6.45) is 1.73. The molecule has 1 aliphatic rings. The fraction of sp³-hybridized carbons (Fsp3) is 0.333. The third kappa shape index (κ3) is 3.16. The van der Waals surface area contributed by atoms with Crippen molar-refractivity contribution < 1.29 is 12.8 Å². The van der Waals surface area contributed by atoms with Crippen LogP contribution < -0.4 is 9.44 Å². The molecule has 1 aliphatic carbocycles. The van der Waals surface area contributed by atoms with Gasteiger partial charge in [-0.25, -0.2) is 4.39 Å². The Balaban J connectivity index is 2.13. The monoisotopic (exact) mass is 308 g/mol. The Morgan fingerprint density at radius 1 is 1.38 bits per heavy atom. The first-order valence-electron chi connectivity index (χ1n) is 4.71. The molecular weight excluding hydrogens is 299 g/mol. The summed E-state index contributed by atoms with van der Waals surface area (Å²) in [5.41, 5.74) is 0.314. The fourth-order valence-corrected chi connectivity index (χ4v) is 2.95. The lowest BCUT2D eigenvalue weighted by molar-refractivity contribution is 0.586. The molecule has 0 bridgehead atoms. The zero-order valence-corrected chi connectivity index (χ0v) is 10.6. The largest absolute Gasteiger partial charge is 0.299 e. The molecular formula is C9H10BrFN2O2S. The summed E-state index contributed by atoms with van der Waals surface area (Å²) in [6.45, 7) is 0. The van der Waals surface area contributed by atoms with E-state index in [2.05, 4.69) is 25.4 Å². The van der Waals surface area contributed by atoms with Crippen molar-refractivity contribution in [3.8, 4) is 0 Å². The van der Waals surface area contributed by atoms with Crippen molar-refractivity contribution in [1.82, 2.24) is 4.72 Å². The van der Waals surface area contributed by atoms with Gasteiger partial charge in [0, 0.05) is 10.5 Å². The topological polar surface area (TPSA) is 58.2 Å². The molecule has 0 heterocycles. The molecule has 4 nitrogen and oxygen atoms in total. The van der Waals surface area contributed by atoms with Crippen LogP contribution in [-0.4, -0.2) is 14.5 Å². The summed E-state index contributed by atoms with van der Waals surface area (Å²) in [7, 11) is -3.56. The molecule has 2 N–H and O–H groups in total. The van der Waals surface area contributed by atoms with Crippen LogP contribution in [-0.2, 0) is 10.2 Å². The first-order valence-corrected chi connectivity index (χ1v) is 6.99. The second-order valence-corrected chi connectivity index (χ2v) is 5.92. The first-order chi connectivity index (χ1) is 7.46. The molecule has 88 valence electrons.